The lowest BCUT2D eigenvalue weighted by Gasteiger charge is -2.07. The predicted octanol–water partition coefficient (Wildman–Crippen LogP) is 2.60. The molecular formula is C14H16N2O2. The van der Waals surface area contributed by atoms with Crippen LogP contribution in [0, 0.1) is 0 Å². The maximum atomic E-state index is 5.54. The van der Waals surface area contributed by atoms with Gasteiger partial charge < -0.3 is 14.5 Å². The standard InChI is InChI=1S/C14H16N2O2/c1-17-12-3-2-7-15-14(12)11-6-8-18-13(11)9-16-10-4-5-10/h2-3,6-8,10,16H,4-5,9H2,1H3. The summed E-state index contributed by atoms with van der Waals surface area (Å²) in [5, 5.41) is 3.44. The van der Waals surface area contributed by atoms with Gasteiger partial charge in [-0.1, -0.05) is 0 Å². The zero-order chi connectivity index (χ0) is 12.4. The molecule has 2 aromatic rings. The SMILES string of the molecule is COc1cccnc1-c1ccoc1CNC1CC1. The highest BCUT2D eigenvalue weighted by Crippen LogP contribution is 2.31. The molecule has 1 saturated carbocycles. The lowest BCUT2D eigenvalue weighted by molar-refractivity contribution is 0.414. The van der Waals surface area contributed by atoms with Crippen LogP contribution in [0.4, 0.5) is 0 Å². The van der Waals surface area contributed by atoms with Crippen molar-refractivity contribution in [1.29, 1.82) is 0 Å². The number of nitrogens with one attached hydrogen (secondary N) is 1. The van der Waals surface area contributed by atoms with Crippen molar-refractivity contribution in [3.63, 3.8) is 0 Å². The summed E-state index contributed by atoms with van der Waals surface area (Å²) in [4.78, 5) is 4.38. The summed E-state index contributed by atoms with van der Waals surface area (Å²) in [5.74, 6) is 1.69. The van der Waals surface area contributed by atoms with Crippen LogP contribution in [0.15, 0.2) is 35.1 Å². The van der Waals surface area contributed by atoms with Crippen molar-refractivity contribution < 1.29 is 9.15 Å². The van der Waals surface area contributed by atoms with Gasteiger partial charge in [-0.3, -0.25) is 4.98 Å². The number of methoxy groups -OCH3 is 1. The van der Waals surface area contributed by atoms with Crippen molar-refractivity contribution in [1.82, 2.24) is 10.3 Å². The molecule has 2 heterocycles. The maximum Gasteiger partial charge on any atom is 0.145 e. The van der Waals surface area contributed by atoms with E-state index in [1.807, 2.05) is 18.2 Å². The third-order valence-electron chi connectivity index (χ3n) is 3.12. The summed E-state index contributed by atoms with van der Waals surface area (Å²) >= 11 is 0. The highest BCUT2D eigenvalue weighted by atomic mass is 16.5. The van der Waals surface area contributed by atoms with Crippen LogP contribution in [0.3, 0.4) is 0 Å². The number of hydrogen-bond donors (Lipinski definition) is 1. The van der Waals surface area contributed by atoms with E-state index in [1.165, 1.54) is 12.8 Å². The molecule has 0 unspecified atom stereocenters. The van der Waals surface area contributed by atoms with Gasteiger partial charge in [-0.15, -0.1) is 0 Å². The van der Waals surface area contributed by atoms with Gasteiger partial charge in [0.2, 0.25) is 0 Å². The molecule has 18 heavy (non-hydrogen) atoms. The zero-order valence-corrected chi connectivity index (χ0v) is 10.3. The van der Waals surface area contributed by atoms with Gasteiger partial charge >= 0.3 is 0 Å². The first kappa shape index (κ1) is 11.3. The number of hydrogen-bond acceptors (Lipinski definition) is 4. The third kappa shape index (κ3) is 2.24. The predicted molar refractivity (Wildman–Crippen MR) is 68.4 cm³/mol. The molecule has 1 N–H and O–H groups in total. The summed E-state index contributed by atoms with van der Waals surface area (Å²) in [6, 6.07) is 6.38. The van der Waals surface area contributed by atoms with E-state index >= 15 is 0 Å². The number of pyridine rings is 1. The minimum atomic E-state index is 0.661. The fourth-order valence-corrected chi connectivity index (χ4v) is 1.97. The quantitative estimate of drug-likeness (QED) is 0.878. The molecule has 0 radical (unpaired) electrons. The smallest absolute Gasteiger partial charge is 0.145 e. The van der Waals surface area contributed by atoms with Crippen LogP contribution >= 0.6 is 0 Å². The lowest BCUT2D eigenvalue weighted by atomic mass is 10.1. The molecule has 1 fully saturated rings. The van der Waals surface area contributed by atoms with Crippen molar-refractivity contribution in [3.8, 4) is 17.0 Å². The normalized spacial score (nSPS) is 14.7. The van der Waals surface area contributed by atoms with Crippen LogP contribution in [0.5, 0.6) is 5.75 Å². The van der Waals surface area contributed by atoms with Crippen LogP contribution in [0.2, 0.25) is 0 Å². The number of nitrogens with zero attached hydrogens (tertiary/aromatic N) is 1. The van der Waals surface area contributed by atoms with Crippen LogP contribution in [0.1, 0.15) is 18.6 Å². The Hall–Kier alpha value is -1.81. The van der Waals surface area contributed by atoms with Gasteiger partial charge in [0.05, 0.1) is 19.9 Å². The number of aromatic nitrogens is 1. The molecule has 2 aromatic heterocycles. The lowest BCUT2D eigenvalue weighted by Crippen LogP contribution is -2.15. The van der Waals surface area contributed by atoms with Crippen molar-refractivity contribution in [2.75, 3.05) is 7.11 Å². The molecule has 1 aliphatic carbocycles. The second-order valence-electron chi connectivity index (χ2n) is 4.47. The summed E-state index contributed by atoms with van der Waals surface area (Å²) in [6.07, 6.45) is 6.00. The molecule has 94 valence electrons. The van der Waals surface area contributed by atoms with Crippen LogP contribution < -0.4 is 10.1 Å². The fourth-order valence-electron chi connectivity index (χ4n) is 1.97. The average molecular weight is 244 g/mol. The largest absolute Gasteiger partial charge is 0.494 e. The molecule has 0 bridgehead atoms. The van der Waals surface area contributed by atoms with E-state index < -0.39 is 0 Å². The molecule has 4 heteroatoms. The second-order valence-corrected chi connectivity index (χ2v) is 4.47. The Morgan fingerprint density at radius 3 is 3.11 bits per heavy atom. The molecule has 4 nitrogen and oxygen atoms in total. The maximum absolute atomic E-state index is 5.54. The van der Waals surface area contributed by atoms with E-state index in [1.54, 1.807) is 19.6 Å². The monoisotopic (exact) mass is 244 g/mol. The van der Waals surface area contributed by atoms with Crippen LogP contribution in [-0.4, -0.2) is 18.1 Å². The fraction of sp³-hybridized carbons (Fsp3) is 0.357. The Morgan fingerprint density at radius 1 is 1.44 bits per heavy atom. The van der Waals surface area contributed by atoms with Crippen molar-refractivity contribution in [3.05, 3.63) is 36.4 Å². The van der Waals surface area contributed by atoms with E-state index in [9.17, 15) is 0 Å². The van der Waals surface area contributed by atoms with Crippen LogP contribution in [0.25, 0.3) is 11.3 Å². The molecule has 0 amide bonds. The van der Waals surface area contributed by atoms with Gasteiger partial charge in [0, 0.05) is 17.8 Å². The van der Waals surface area contributed by atoms with Crippen molar-refractivity contribution in [2.45, 2.75) is 25.4 Å². The molecular weight excluding hydrogens is 228 g/mol. The van der Waals surface area contributed by atoms with E-state index in [4.69, 9.17) is 9.15 Å². The molecule has 0 aromatic carbocycles. The van der Waals surface area contributed by atoms with Gasteiger partial charge in [-0.25, -0.2) is 0 Å². The molecule has 1 aliphatic rings. The first-order valence-corrected chi connectivity index (χ1v) is 6.17. The van der Waals surface area contributed by atoms with Crippen molar-refractivity contribution >= 4 is 0 Å². The number of ether oxygens (including phenoxy) is 1. The van der Waals surface area contributed by atoms with Gasteiger partial charge in [-0.2, -0.15) is 0 Å². The molecule has 0 aliphatic heterocycles. The first-order chi connectivity index (χ1) is 8.88. The van der Waals surface area contributed by atoms with Gasteiger partial charge in [0.25, 0.3) is 0 Å². The molecule has 0 spiro atoms. The minimum Gasteiger partial charge on any atom is -0.494 e. The molecule has 3 rings (SSSR count). The van der Waals surface area contributed by atoms with Gasteiger partial charge in [-0.05, 0) is 31.0 Å². The van der Waals surface area contributed by atoms with Gasteiger partial charge in [0.1, 0.15) is 17.2 Å². The Balaban J connectivity index is 1.88. The topological polar surface area (TPSA) is 47.3 Å². The second kappa shape index (κ2) is 4.82. The summed E-state index contributed by atoms with van der Waals surface area (Å²) < 4.78 is 10.9. The summed E-state index contributed by atoms with van der Waals surface area (Å²) in [7, 11) is 1.66. The highest BCUT2D eigenvalue weighted by molar-refractivity contribution is 5.67. The van der Waals surface area contributed by atoms with Crippen LogP contribution in [-0.2, 0) is 6.54 Å². The Bertz CT molecular complexity index is 532. The van der Waals surface area contributed by atoms with Gasteiger partial charge in [0.15, 0.2) is 0 Å². The number of furan rings is 1. The summed E-state index contributed by atoms with van der Waals surface area (Å²) in [6.45, 7) is 0.743. The molecule has 0 saturated heterocycles. The first-order valence-electron chi connectivity index (χ1n) is 6.17. The summed E-state index contributed by atoms with van der Waals surface area (Å²) in [5.41, 5.74) is 1.84. The van der Waals surface area contributed by atoms with E-state index in [0.717, 1.165) is 29.3 Å². The highest BCUT2D eigenvalue weighted by Gasteiger charge is 2.22. The average Bonchev–Trinajstić information content (AvgIpc) is 3.13. The zero-order valence-electron chi connectivity index (χ0n) is 10.3. The molecule has 0 atom stereocenters. The van der Waals surface area contributed by atoms with E-state index in [-0.39, 0.29) is 0 Å². The Morgan fingerprint density at radius 2 is 2.33 bits per heavy atom. The number of rotatable bonds is 5. The third-order valence-corrected chi connectivity index (χ3v) is 3.12. The Kier molecular flexibility index (Phi) is 3.02. The Labute approximate surface area is 106 Å². The van der Waals surface area contributed by atoms with Crippen molar-refractivity contribution in [2.24, 2.45) is 0 Å². The van der Waals surface area contributed by atoms with E-state index in [0.29, 0.717) is 6.04 Å². The van der Waals surface area contributed by atoms with E-state index in [2.05, 4.69) is 10.3 Å². The minimum absolute atomic E-state index is 0.661.